The number of rotatable bonds is 4. The Morgan fingerprint density at radius 1 is 1.17 bits per heavy atom. The van der Waals surface area contributed by atoms with E-state index < -0.39 is 24.2 Å². The molecule has 2 rings (SSSR count). The van der Waals surface area contributed by atoms with Gasteiger partial charge in [0.15, 0.2) is 6.61 Å². The zero-order valence-corrected chi connectivity index (χ0v) is 11.6. The molecule has 1 heterocycles. The van der Waals surface area contributed by atoms with Crippen molar-refractivity contribution in [3.63, 3.8) is 0 Å². The third kappa shape index (κ3) is 4.77. The number of H-pyrrole nitrogens is 1. The number of aromatic nitrogens is 1. The Bertz CT molecular complexity index is 754. The van der Waals surface area contributed by atoms with Crippen molar-refractivity contribution in [2.45, 2.75) is 6.18 Å². The number of pyridine rings is 1. The molecule has 0 bridgehead atoms. The summed E-state index contributed by atoms with van der Waals surface area (Å²) in [7, 11) is 0. The largest absolute Gasteiger partial charge is 0.484 e. The van der Waals surface area contributed by atoms with Gasteiger partial charge in [-0.15, -0.1) is 0 Å². The minimum absolute atomic E-state index is 0.0175. The molecule has 6 nitrogen and oxygen atoms in total. The van der Waals surface area contributed by atoms with Crippen LogP contribution in [0, 0.1) is 0 Å². The summed E-state index contributed by atoms with van der Waals surface area (Å²) < 4.78 is 40.6. The van der Waals surface area contributed by atoms with Crippen molar-refractivity contribution in [2.24, 2.45) is 0 Å². The van der Waals surface area contributed by atoms with Crippen molar-refractivity contribution < 1.29 is 22.7 Å². The number of hydrogen-bond acceptors (Lipinski definition) is 4. The lowest BCUT2D eigenvalue weighted by Gasteiger charge is -2.10. The number of halogens is 3. The third-order valence-corrected chi connectivity index (χ3v) is 2.71. The minimum atomic E-state index is -4.42. The van der Waals surface area contributed by atoms with Gasteiger partial charge in [-0.3, -0.25) is 9.59 Å². The number of nitrogens with two attached hydrogens (primary N) is 1. The van der Waals surface area contributed by atoms with Crippen LogP contribution in [0.15, 0.2) is 41.2 Å². The number of hydrogen-bond donors (Lipinski definition) is 3. The van der Waals surface area contributed by atoms with E-state index in [4.69, 9.17) is 5.73 Å². The Hall–Kier alpha value is -2.97. The van der Waals surface area contributed by atoms with E-state index in [9.17, 15) is 22.8 Å². The maximum Gasteiger partial charge on any atom is 0.422 e. The number of carbonyl (C=O) groups is 1. The van der Waals surface area contributed by atoms with Crippen molar-refractivity contribution >= 4 is 17.4 Å². The van der Waals surface area contributed by atoms with E-state index >= 15 is 0 Å². The van der Waals surface area contributed by atoms with Gasteiger partial charge in [-0.05, 0) is 30.3 Å². The first-order valence-electron chi connectivity index (χ1n) is 6.34. The van der Waals surface area contributed by atoms with Crippen LogP contribution in [0.3, 0.4) is 0 Å². The van der Waals surface area contributed by atoms with E-state index in [0.717, 1.165) is 6.07 Å². The highest BCUT2D eigenvalue weighted by molar-refractivity contribution is 6.07. The first-order valence-corrected chi connectivity index (χ1v) is 6.34. The maximum atomic E-state index is 12.0. The molecular formula is C14H12F3N3O3. The fourth-order valence-corrected chi connectivity index (χ4v) is 1.69. The van der Waals surface area contributed by atoms with E-state index in [1.807, 2.05) is 0 Å². The number of alkyl halides is 3. The van der Waals surface area contributed by atoms with Crippen LogP contribution < -0.4 is 21.3 Å². The number of aromatic amines is 1. The molecule has 0 aliphatic heterocycles. The zero-order chi connectivity index (χ0) is 17.0. The summed E-state index contributed by atoms with van der Waals surface area (Å²) in [5, 5.41) is 2.50. The van der Waals surface area contributed by atoms with Crippen LogP contribution in [-0.2, 0) is 0 Å². The Balaban J connectivity index is 2.03. The van der Waals surface area contributed by atoms with Crippen molar-refractivity contribution in [3.05, 3.63) is 52.3 Å². The van der Waals surface area contributed by atoms with Crippen LogP contribution in [0.25, 0.3) is 0 Å². The van der Waals surface area contributed by atoms with Crippen molar-refractivity contribution in [3.8, 4) is 5.75 Å². The molecule has 1 aromatic carbocycles. The molecule has 0 atom stereocenters. The second-order valence-electron chi connectivity index (χ2n) is 4.53. The van der Waals surface area contributed by atoms with Crippen LogP contribution in [-0.4, -0.2) is 23.7 Å². The molecule has 23 heavy (non-hydrogen) atoms. The van der Waals surface area contributed by atoms with Crippen molar-refractivity contribution in [1.29, 1.82) is 0 Å². The molecule has 0 saturated heterocycles. The minimum Gasteiger partial charge on any atom is -0.484 e. The molecule has 1 amide bonds. The number of ether oxygens (including phenoxy) is 1. The lowest BCUT2D eigenvalue weighted by molar-refractivity contribution is -0.153. The number of carbonyl (C=O) groups excluding carboxylic acids is 1. The van der Waals surface area contributed by atoms with Crippen LogP contribution >= 0.6 is 0 Å². The van der Waals surface area contributed by atoms with Crippen LogP contribution in [0.2, 0.25) is 0 Å². The Morgan fingerprint density at radius 3 is 2.39 bits per heavy atom. The second kappa shape index (κ2) is 6.42. The van der Waals surface area contributed by atoms with E-state index in [1.165, 1.54) is 30.3 Å². The summed E-state index contributed by atoms with van der Waals surface area (Å²) in [5.74, 6) is -0.633. The lowest BCUT2D eigenvalue weighted by atomic mass is 10.2. The fraction of sp³-hybridized carbons (Fsp3) is 0.143. The molecule has 0 spiro atoms. The van der Waals surface area contributed by atoms with Gasteiger partial charge in [-0.25, -0.2) is 0 Å². The van der Waals surface area contributed by atoms with Gasteiger partial charge in [-0.1, -0.05) is 0 Å². The molecule has 0 aliphatic carbocycles. The first kappa shape index (κ1) is 16.4. The standard InChI is InChI=1S/C14H12F3N3O3/c15-14(16,17)7-23-9-3-1-8(2-4-9)19-13(22)10-5-6-11(21)20-12(10)18/h1-6H,7H2,(H,19,22)(H3,18,20,21). The second-order valence-corrected chi connectivity index (χ2v) is 4.53. The van der Waals surface area contributed by atoms with Gasteiger partial charge < -0.3 is 20.8 Å². The lowest BCUT2D eigenvalue weighted by Crippen LogP contribution is -2.19. The molecular weight excluding hydrogens is 315 g/mol. The van der Waals surface area contributed by atoms with Crippen molar-refractivity contribution in [2.75, 3.05) is 17.7 Å². The van der Waals surface area contributed by atoms with Gasteiger partial charge in [0.05, 0.1) is 5.56 Å². The highest BCUT2D eigenvalue weighted by atomic mass is 19.4. The highest BCUT2D eigenvalue weighted by Crippen LogP contribution is 2.20. The highest BCUT2D eigenvalue weighted by Gasteiger charge is 2.28. The van der Waals surface area contributed by atoms with E-state index in [2.05, 4.69) is 15.0 Å². The molecule has 2 aromatic rings. The number of benzene rings is 1. The fourth-order valence-electron chi connectivity index (χ4n) is 1.69. The molecule has 0 saturated carbocycles. The Labute approximate surface area is 128 Å². The first-order chi connectivity index (χ1) is 10.7. The summed E-state index contributed by atoms with van der Waals surface area (Å²) in [6.45, 7) is -1.40. The molecule has 9 heteroatoms. The van der Waals surface area contributed by atoms with Crippen molar-refractivity contribution in [1.82, 2.24) is 4.98 Å². The molecule has 0 fully saturated rings. The van der Waals surface area contributed by atoms with Gasteiger partial charge in [0.25, 0.3) is 5.91 Å². The topological polar surface area (TPSA) is 97.2 Å². The van der Waals surface area contributed by atoms with Gasteiger partial charge >= 0.3 is 6.18 Å². The predicted octanol–water partition coefficient (Wildman–Crippen LogP) is 2.15. The van der Waals surface area contributed by atoms with E-state index in [0.29, 0.717) is 5.69 Å². The van der Waals surface area contributed by atoms with Crippen LogP contribution in [0.5, 0.6) is 5.75 Å². The van der Waals surface area contributed by atoms with Crippen LogP contribution in [0.4, 0.5) is 24.7 Å². The predicted molar refractivity (Wildman–Crippen MR) is 77.4 cm³/mol. The average molecular weight is 327 g/mol. The van der Waals surface area contributed by atoms with Gasteiger partial charge in [0, 0.05) is 11.8 Å². The molecule has 0 aliphatic rings. The molecule has 4 N–H and O–H groups in total. The van der Waals surface area contributed by atoms with E-state index in [1.54, 1.807) is 0 Å². The van der Waals surface area contributed by atoms with Gasteiger partial charge in [0.1, 0.15) is 11.6 Å². The smallest absolute Gasteiger partial charge is 0.422 e. The van der Waals surface area contributed by atoms with E-state index in [-0.39, 0.29) is 17.1 Å². The summed E-state index contributed by atoms with van der Waals surface area (Å²) in [4.78, 5) is 25.3. The summed E-state index contributed by atoms with van der Waals surface area (Å²) >= 11 is 0. The number of anilines is 2. The molecule has 0 radical (unpaired) electrons. The SMILES string of the molecule is Nc1[nH]c(=O)ccc1C(=O)Nc1ccc(OCC(F)(F)F)cc1. The Kier molecular flexibility index (Phi) is 4.58. The number of nitrogen functional groups attached to an aromatic ring is 1. The summed E-state index contributed by atoms with van der Waals surface area (Å²) in [6, 6.07) is 7.76. The van der Waals surface area contributed by atoms with Gasteiger partial charge in [-0.2, -0.15) is 13.2 Å². The monoisotopic (exact) mass is 327 g/mol. The summed E-state index contributed by atoms with van der Waals surface area (Å²) in [6.07, 6.45) is -4.42. The molecule has 122 valence electrons. The van der Waals surface area contributed by atoms with Crippen LogP contribution in [0.1, 0.15) is 10.4 Å². The number of nitrogens with one attached hydrogen (secondary N) is 2. The Morgan fingerprint density at radius 2 is 1.83 bits per heavy atom. The third-order valence-electron chi connectivity index (χ3n) is 2.71. The average Bonchev–Trinajstić information content (AvgIpc) is 2.45. The zero-order valence-electron chi connectivity index (χ0n) is 11.6. The number of amides is 1. The van der Waals surface area contributed by atoms with Gasteiger partial charge in [0.2, 0.25) is 5.56 Å². The summed E-state index contributed by atoms with van der Waals surface area (Å²) in [5.41, 5.74) is 5.50. The normalized spacial score (nSPS) is 11.1. The molecule has 1 aromatic heterocycles. The maximum absolute atomic E-state index is 12.0. The molecule has 0 unspecified atom stereocenters. The quantitative estimate of drug-likeness (QED) is 0.801.